The Morgan fingerprint density at radius 1 is 1.36 bits per heavy atom. The number of ether oxygens (including phenoxy) is 1. The van der Waals surface area contributed by atoms with Gasteiger partial charge in [-0.2, -0.15) is 0 Å². The number of benzene rings is 1. The number of amides is 2. The summed E-state index contributed by atoms with van der Waals surface area (Å²) in [5, 5.41) is 27.9. The molecule has 4 heterocycles. The van der Waals surface area contributed by atoms with E-state index in [4.69, 9.17) is 4.74 Å². The number of likely N-dealkylation sites (tertiary alicyclic amines) is 1. The third-order valence-corrected chi connectivity index (χ3v) is 8.26. The van der Waals surface area contributed by atoms with Crippen molar-refractivity contribution in [2.24, 2.45) is 17.8 Å². The Morgan fingerprint density at radius 2 is 2.11 bits per heavy atom. The number of aliphatic hydroxyl groups excluding tert-OH is 1. The van der Waals surface area contributed by atoms with E-state index in [1.165, 1.54) is 9.80 Å². The van der Waals surface area contributed by atoms with Crippen LogP contribution in [0.2, 0.25) is 0 Å². The summed E-state index contributed by atoms with van der Waals surface area (Å²) in [6.45, 7) is 7.65. The minimum Gasteiger partial charge on any atom is -0.481 e. The lowest BCUT2D eigenvalue weighted by Crippen LogP contribution is -2.56. The molecule has 36 heavy (non-hydrogen) atoms. The van der Waals surface area contributed by atoms with Crippen LogP contribution in [0, 0.1) is 17.8 Å². The van der Waals surface area contributed by atoms with Crippen LogP contribution in [0.4, 0.5) is 0 Å². The van der Waals surface area contributed by atoms with Gasteiger partial charge < -0.3 is 24.7 Å². The summed E-state index contributed by atoms with van der Waals surface area (Å²) in [5.74, 6) is -4.07. The minimum atomic E-state index is -1.26. The average molecular weight is 498 g/mol. The quantitative estimate of drug-likeness (QED) is 0.487. The Bertz CT molecular complexity index is 1230. The third kappa shape index (κ3) is 3.29. The van der Waals surface area contributed by atoms with Crippen LogP contribution < -0.4 is 0 Å². The molecule has 2 amide bonds. The Hall–Kier alpha value is -3.31. The summed E-state index contributed by atoms with van der Waals surface area (Å²) in [4.78, 5) is 43.3. The SMILES string of the molecule is C=CCN(Cn1nnc2ccccc21)C(=O)C1N(CCCO)C(=O)[C@@H]2[C@@H](C(=O)O)[C@]3(C)OC12CC3C. The van der Waals surface area contributed by atoms with Crippen molar-refractivity contribution in [2.45, 2.75) is 50.6 Å². The maximum atomic E-state index is 14.3. The van der Waals surface area contributed by atoms with Gasteiger partial charge in [0.1, 0.15) is 29.7 Å². The Kier molecular flexibility index (Phi) is 5.87. The lowest BCUT2D eigenvalue weighted by molar-refractivity contribution is -0.158. The lowest BCUT2D eigenvalue weighted by Gasteiger charge is -2.37. The molecule has 11 nitrogen and oxygen atoms in total. The van der Waals surface area contributed by atoms with Crippen molar-refractivity contribution in [1.29, 1.82) is 0 Å². The van der Waals surface area contributed by atoms with Gasteiger partial charge in [-0.3, -0.25) is 14.4 Å². The van der Waals surface area contributed by atoms with E-state index in [1.54, 1.807) is 17.7 Å². The Labute approximate surface area is 208 Å². The van der Waals surface area contributed by atoms with Crippen LogP contribution in [-0.4, -0.2) is 89.7 Å². The summed E-state index contributed by atoms with van der Waals surface area (Å²) in [6.07, 6.45) is 2.25. The predicted molar refractivity (Wildman–Crippen MR) is 127 cm³/mol. The summed E-state index contributed by atoms with van der Waals surface area (Å²) in [5.41, 5.74) is -0.879. The number of fused-ring (bicyclic) bond motifs is 2. The fourth-order valence-corrected chi connectivity index (χ4v) is 6.61. The second kappa shape index (κ2) is 8.67. The summed E-state index contributed by atoms with van der Waals surface area (Å²) in [7, 11) is 0. The molecular weight excluding hydrogens is 466 g/mol. The van der Waals surface area contributed by atoms with Gasteiger partial charge in [0, 0.05) is 19.7 Å². The maximum absolute atomic E-state index is 14.3. The number of carbonyl (C=O) groups is 3. The number of carboxylic acid groups (broad SMARTS) is 1. The van der Waals surface area contributed by atoms with Gasteiger partial charge in [-0.15, -0.1) is 11.7 Å². The number of carbonyl (C=O) groups excluding carboxylic acids is 2. The highest BCUT2D eigenvalue weighted by Crippen LogP contribution is 2.65. The fourth-order valence-electron chi connectivity index (χ4n) is 6.61. The van der Waals surface area contributed by atoms with Crippen LogP contribution in [0.1, 0.15) is 26.7 Å². The zero-order valence-corrected chi connectivity index (χ0v) is 20.4. The number of aliphatic carboxylic acids is 1. The zero-order valence-electron chi connectivity index (χ0n) is 20.4. The van der Waals surface area contributed by atoms with Crippen LogP contribution in [0.25, 0.3) is 11.0 Å². The van der Waals surface area contributed by atoms with Crippen LogP contribution >= 0.6 is 0 Å². The van der Waals surface area contributed by atoms with Crippen molar-refractivity contribution in [3.8, 4) is 0 Å². The van der Waals surface area contributed by atoms with Crippen LogP contribution in [0.5, 0.6) is 0 Å². The number of para-hydroxylation sites is 1. The average Bonchev–Trinajstić information content (AvgIpc) is 3.51. The molecule has 2 aromatic rings. The molecule has 3 unspecified atom stereocenters. The maximum Gasteiger partial charge on any atom is 0.310 e. The van der Waals surface area contributed by atoms with Crippen molar-refractivity contribution in [3.63, 3.8) is 0 Å². The molecular formula is C25H31N5O6. The first-order chi connectivity index (χ1) is 17.2. The van der Waals surface area contributed by atoms with E-state index in [9.17, 15) is 24.6 Å². The number of aromatic nitrogens is 3. The molecule has 11 heteroatoms. The number of nitrogens with zero attached hydrogens (tertiary/aromatic N) is 5. The molecule has 5 rings (SSSR count). The molecule has 0 radical (unpaired) electrons. The van der Waals surface area contributed by atoms with Crippen molar-refractivity contribution in [1.82, 2.24) is 24.8 Å². The van der Waals surface area contributed by atoms with Crippen molar-refractivity contribution >= 4 is 28.8 Å². The molecule has 0 saturated carbocycles. The van der Waals surface area contributed by atoms with Gasteiger partial charge in [0.15, 0.2) is 0 Å². The molecule has 1 spiro atoms. The molecule has 3 aliphatic rings. The first-order valence-corrected chi connectivity index (χ1v) is 12.2. The molecule has 3 fully saturated rings. The number of hydrogen-bond donors (Lipinski definition) is 2. The highest BCUT2D eigenvalue weighted by Gasteiger charge is 2.80. The summed E-state index contributed by atoms with van der Waals surface area (Å²) in [6, 6.07) is 6.37. The largest absolute Gasteiger partial charge is 0.481 e. The molecule has 1 aromatic heterocycles. The highest BCUT2D eigenvalue weighted by atomic mass is 16.5. The van der Waals surface area contributed by atoms with Crippen LogP contribution in [0.15, 0.2) is 36.9 Å². The van der Waals surface area contributed by atoms with E-state index >= 15 is 0 Å². The van der Waals surface area contributed by atoms with E-state index in [2.05, 4.69) is 16.9 Å². The van der Waals surface area contributed by atoms with Gasteiger partial charge in [-0.1, -0.05) is 30.3 Å². The lowest BCUT2D eigenvalue weighted by atomic mass is 9.62. The van der Waals surface area contributed by atoms with E-state index in [0.717, 1.165) is 5.52 Å². The zero-order chi connectivity index (χ0) is 25.8. The van der Waals surface area contributed by atoms with E-state index in [0.29, 0.717) is 11.9 Å². The normalized spacial score (nSPS) is 32.8. The second-order valence-electron chi connectivity index (χ2n) is 10.2. The molecule has 2 N–H and O–H groups in total. The van der Waals surface area contributed by atoms with Crippen LogP contribution in [0.3, 0.4) is 0 Å². The second-order valence-corrected chi connectivity index (χ2v) is 10.2. The standard InChI is InChI=1S/C25H31N5O6/c1-4-10-28(14-30-17-9-6-5-8-16(17)26-27-30)22(33)20-25-13-15(2)24(3,36-25)19(23(34)35)18(25)21(32)29(20)11-7-12-31/h4-6,8-9,15,18-20,31H,1,7,10-14H2,2-3H3,(H,34,35)/t15?,18-,19-,20?,24+,25?/m0/s1. The molecule has 3 saturated heterocycles. The smallest absolute Gasteiger partial charge is 0.310 e. The highest BCUT2D eigenvalue weighted by molar-refractivity contribution is 5.98. The van der Waals surface area contributed by atoms with Crippen molar-refractivity contribution in [3.05, 3.63) is 36.9 Å². The first-order valence-electron chi connectivity index (χ1n) is 12.2. The van der Waals surface area contributed by atoms with Crippen LogP contribution in [-0.2, 0) is 25.8 Å². The third-order valence-electron chi connectivity index (χ3n) is 8.26. The van der Waals surface area contributed by atoms with Gasteiger partial charge in [0.05, 0.1) is 17.0 Å². The van der Waals surface area contributed by atoms with Gasteiger partial charge in [0.25, 0.3) is 0 Å². The number of rotatable bonds is 9. The summed E-state index contributed by atoms with van der Waals surface area (Å²) < 4.78 is 8.10. The van der Waals surface area contributed by atoms with Gasteiger partial charge >= 0.3 is 5.97 Å². The van der Waals surface area contributed by atoms with Gasteiger partial charge in [-0.25, -0.2) is 4.68 Å². The molecule has 1 aromatic carbocycles. The molecule has 2 bridgehead atoms. The number of hydrogen-bond acceptors (Lipinski definition) is 7. The van der Waals surface area contributed by atoms with Crippen molar-refractivity contribution in [2.75, 3.05) is 19.7 Å². The van der Waals surface area contributed by atoms with E-state index < -0.39 is 41.0 Å². The molecule has 6 atom stereocenters. The summed E-state index contributed by atoms with van der Waals surface area (Å²) >= 11 is 0. The Morgan fingerprint density at radius 3 is 2.81 bits per heavy atom. The van der Waals surface area contributed by atoms with Gasteiger partial charge in [-0.05, 0) is 37.8 Å². The van der Waals surface area contributed by atoms with Gasteiger partial charge in [0.2, 0.25) is 11.8 Å². The first kappa shape index (κ1) is 24.4. The van der Waals surface area contributed by atoms with Crippen molar-refractivity contribution < 1.29 is 29.3 Å². The topological polar surface area (TPSA) is 138 Å². The molecule has 0 aliphatic carbocycles. The van der Waals surface area contributed by atoms with E-state index in [-0.39, 0.29) is 44.6 Å². The molecule has 192 valence electrons. The fraction of sp³-hybridized carbons (Fsp3) is 0.560. The molecule has 3 aliphatic heterocycles. The minimum absolute atomic E-state index is 0.0693. The Balaban J connectivity index is 1.56. The van der Waals surface area contributed by atoms with E-state index in [1.807, 2.05) is 31.2 Å². The number of aliphatic hydroxyl groups is 1. The predicted octanol–water partition coefficient (Wildman–Crippen LogP) is 0.881. The monoisotopic (exact) mass is 497 g/mol. The number of carboxylic acids is 1.